The van der Waals surface area contributed by atoms with Crippen LogP contribution in [-0.2, 0) is 21.2 Å². The summed E-state index contributed by atoms with van der Waals surface area (Å²) in [5.74, 6) is 1.18. The van der Waals surface area contributed by atoms with Crippen molar-refractivity contribution in [3.63, 3.8) is 0 Å². The fourth-order valence-corrected chi connectivity index (χ4v) is 5.43. The third-order valence-electron chi connectivity index (χ3n) is 6.09. The summed E-state index contributed by atoms with van der Waals surface area (Å²) >= 11 is 0. The lowest BCUT2D eigenvalue weighted by Gasteiger charge is -2.22. The van der Waals surface area contributed by atoms with E-state index in [4.69, 9.17) is 9.47 Å². The van der Waals surface area contributed by atoms with Crippen molar-refractivity contribution in [1.82, 2.24) is 10.0 Å². The highest BCUT2D eigenvalue weighted by molar-refractivity contribution is 7.89. The Morgan fingerprint density at radius 1 is 1.00 bits per heavy atom. The molecule has 1 aliphatic rings. The zero-order valence-corrected chi connectivity index (χ0v) is 20.4. The number of carbonyl (C=O) groups excluding carboxylic acids is 1. The third-order valence-corrected chi connectivity index (χ3v) is 7.62. The monoisotopic (exact) mass is 474 g/mol. The molecule has 33 heavy (non-hydrogen) atoms. The maximum absolute atomic E-state index is 12.6. The van der Waals surface area contributed by atoms with Crippen molar-refractivity contribution < 1.29 is 22.7 Å². The van der Waals surface area contributed by atoms with E-state index in [-0.39, 0.29) is 22.9 Å². The van der Waals surface area contributed by atoms with E-state index in [9.17, 15) is 13.2 Å². The van der Waals surface area contributed by atoms with Crippen molar-refractivity contribution in [2.75, 3.05) is 14.2 Å². The molecule has 2 N–H and O–H groups in total. The molecule has 0 radical (unpaired) electrons. The largest absolute Gasteiger partial charge is 0.493 e. The van der Waals surface area contributed by atoms with Crippen LogP contribution in [0.15, 0.2) is 47.4 Å². The highest BCUT2D eigenvalue weighted by atomic mass is 32.2. The molecule has 8 heteroatoms. The summed E-state index contributed by atoms with van der Waals surface area (Å²) < 4.78 is 38.7. The van der Waals surface area contributed by atoms with Crippen LogP contribution in [0.5, 0.6) is 11.5 Å². The van der Waals surface area contributed by atoms with E-state index in [2.05, 4.69) is 10.0 Å². The summed E-state index contributed by atoms with van der Waals surface area (Å²) in [4.78, 5) is 12.7. The van der Waals surface area contributed by atoms with Gasteiger partial charge in [-0.15, -0.1) is 0 Å². The topological polar surface area (TPSA) is 93.7 Å². The molecule has 0 saturated heterocycles. The van der Waals surface area contributed by atoms with E-state index in [0.717, 1.165) is 36.8 Å². The predicted octanol–water partition coefficient (Wildman–Crippen LogP) is 4.12. The second kappa shape index (κ2) is 11.5. The number of hydrogen-bond donors (Lipinski definition) is 2. The second-order valence-corrected chi connectivity index (χ2v) is 10.2. The second-order valence-electron chi connectivity index (χ2n) is 8.50. The van der Waals surface area contributed by atoms with Crippen molar-refractivity contribution in [2.45, 2.75) is 68.8 Å². The number of aryl methyl sites for hydroxylation is 1. The van der Waals surface area contributed by atoms with Crippen LogP contribution >= 0.6 is 0 Å². The molecule has 7 nitrogen and oxygen atoms in total. The van der Waals surface area contributed by atoms with E-state index in [0.29, 0.717) is 24.3 Å². The van der Waals surface area contributed by atoms with E-state index in [1.54, 1.807) is 38.5 Å². The summed E-state index contributed by atoms with van der Waals surface area (Å²) in [5.41, 5.74) is 1.83. The summed E-state index contributed by atoms with van der Waals surface area (Å²) in [6, 6.07) is 12.2. The van der Waals surface area contributed by atoms with Gasteiger partial charge in [0.25, 0.3) is 0 Å². The fraction of sp³-hybridized carbons (Fsp3) is 0.480. The Labute approximate surface area is 196 Å². The van der Waals surface area contributed by atoms with E-state index >= 15 is 0 Å². The van der Waals surface area contributed by atoms with Gasteiger partial charge in [-0.05, 0) is 61.6 Å². The molecule has 1 fully saturated rings. The number of sulfonamides is 1. The summed E-state index contributed by atoms with van der Waals surface area (Å²) in [7, 11) is -0.356. The maximum atomic E-state index is 12.6. The number of rotatable bonds is 10. The molecule has 1 aliphatic carbocycles. The van der Waals surface area contributed by atoms with Crippen LogP contribution in [-0.4, -0.2) is 34.6 Å². The van der Waals surface area contributed by atoms with E-state index < -0.39 is 10.0 Å². The molecule has 0 spiro atoms. The molecule has 0 unspecified atom stereocenters. The minimum absolute atomic E-state index is 0.0276. The molecule has 180 valence electrons. The smallest absolute Gasteiger partial charge is 0.240 e. The quantitative estimate of drug-likeness (QED) is 0.540. The summed E-state index contributed by atoms with van der Waals surface area (Å²) in [6.07, 6.45) is 5.94. The van der Waals surface area contributed by atoms with E-state index in [1.165, 1.54) is 6.42 Å². The zero-order chi connectivity index (χ0) is 23.8. The molecular weight excluding hydrogens is 440 g/mol. The predicted molar refractivity (Wildman–Crippen MR) is 128 cm³/mol. The van der Waals surface area contributed by atoms with E-state index in [1.807, 2.05) is 25.1 Å². The molecule has 0 aliphatic heterocycles. The normalized spacial score (nSPS) is 15.6. The van der Waals surface area contributed by atoms with Gasteiger partial charge >= 0.3 is 0 Å². The van der Waals surface area contributed by atoms with Gasteiger partial charge in [-0.1, -0.05) is 37.5 Å². The van der Waals surface area contributed by atoms with Gasteiger partial charge in [0.1, 0.15) is 0 Å². The summed E-state index contributed by atoms with van der Waals surface area (Å²) in [6.45, 7) is 1.91. The third kappa shape index (κ3) is 6.95. The minimum Gasteiger partial charge on any atom is -0.493 e. The molecule has 1 saturated carbocycles. The van der Waals surface area contributed by atoms with Crippen molar-refractivity contribution in [1.29, 1.82) is 0 Å². The molecule has 0 bridgehead atoms. The van der Waals surface area contributed by atoms with Crippen molar-refractivity contribution in [2.24, 2.45) is 0 Å². The van der Waals surface area contributed by atoms with Crippen LogP contribution in [0, 0.1) is 0 Å². The first kappa shape index (κ1) is 25.1. The lowest BCUT2D eigenvalue weighted by Crippen LogP contribution is -2.36. The Bertz CT molecular complexity index is 1030. The van der Waals surface area contributed by atoms with Crippen LogP contribution in [0.1, 0.15) is 62.6 Å². The molecule has 2 aromatic rings. The van der Waals surface area contributed by atoms with Crippen molar-refractivity contribution in [3.8, 4) is 11.5 Å². The first-order valence-electron chi connectivity index (χ1n) is 11.4. The summed E-state index contributed by atoms with van der Waals surface area (Å²) in [5, 5.41) is 3.00. The Morgan fingerprint density at radius 2 is 1.67 bits per heavy atom. The Morgan fingerprint density at radius 3 is 2.30 bits per heavy atom. The van der Waals surface area contributed by atoms with Crippen molar-refractivity contribution in [3.05, 3.63) is 53.6 Å². The molecule has 2 aromatic carbocycles. The Balaban J connectivity index is 1.52. The molecule has 0 aromatic heterocycles. The van der Waals surface area contributed by atoms with Gasteiger partial charge in [0.05, 0.1) is 25.2 Å². The highest BCUT2D eigenvalue weighted by Gasteiger charge is 2.21. The number of carbonyl (C=O) groups is 1. The average Bonchev–Trinajstić information content (AvgIpc) is 2.82. The van der Waals surface area contributed by atoms with Gasteiger partial charge in [-0.25, -0.2) is 13.1 Å². The van der Waals surface area contributed by atoms with Crippen molar-refractivity contribution >= 4 is 15.9 Å². The molecular formula is C25H34N2O5S. The van der Waals surface area contributed by atoms with Crippen LogP contribution in [0.3, 0.4) is 0 Å². The van der Waals surface area contributed by atoms with Crippen LogP contribution < -0.4 is 19.5 Å². The number of methoxy groups -OCH3 is 2. The number of benzene rings is 2. The SMILES string of the molecule is COc1ccc([C@@H](C)NC(=O)CCc2ccc(S(=O)(=O)NC3CCCCC3)cc2)cc1OC. The van der Waals surface area contributed by atoms with Gasteiger partial charge in [-0.3, -0.25) is 4.79 Å². The average molecular weight is 475 g/mol. The molecule has 3 rings (SSSR count). The van der Waals surface area contributed by atoms with Gasteiger partial charge < -0.3 is 14.8 Å². The molecule has 0 heterocycles. The van der Waals surface area contributed by atoms with Crippen LogP contribution in [0.2, 0.25) is 0 Å². The first-order chi connectivity index (χ1) is 15.8. The highest BCUT2D eigenvalue weighted by Crippen LogP contribution is 2.30. The minimum atomic E-state index is -3.51. The lowest BCUT2D eigenvalue weighted by atomic mass is 9.96. The zero-order valence-electron chi connectivity index (χ0n) is 19.6. The van der Waals surface area contributed by atoms with Gasteiger partial charge in [0, 0.05) is 12.5 Å². The maximum Gasteiger partial charge on any atom is 0.240 e. The molecule has 1 atom stereocenters. The number of ether oxygens (including phenoxy) is 2. The van der Waals surface area contributed by atoms with Gasteiger partial charge in [0.2, 0.25) is 15.9 Å². The fourth-order valence-electron chi connectivity index (χ4n) is 4.12. The number of hydrogen-bond acceptors (Lipinski definition) is 5. The number of nitrogens with one attached hydrogen (secondary N) is 2. The van der Waals surface area contributed by atoms with Gasteiger partial charge in [0.15, 0.2) is 11.5 Å². The van der Waals surface area contributed by atoms with Crippen LogP contribution in [0.25, 0.3) is 0 Å². The van der Waals surface area contributed by atoms with Crippen LogP contribution in [0.4, 0.5) is 0 Å². The first-order valence-corrected chi connectivity index (χ1v) is 12.9. The Kier molecular flexibility index (Phi) is 8.74. The molecule has 1 amide bonds. The Hall–Kier alpha value is -2.58. The standard InChI is InChI=1S/C25H34N2O5S/c1-18(20-12-15-23(31-2)24(17-20)32-3)26-25(28)16-11-19-9-13-22(14-10-19)33(29,30)27-21-7-5-4-6-8-21/h9-10,12-15,17-18,21,27H,4-8,11,16H2,1-3H3,(H,26,28)/t18-/m1/s1. The van der Waals surface area contributed by atoms with Gasteiger partial charge in [-0.2, -0.15) is 0 Å². The number of amides is 1. The lowest BCUT2D eigenvalue weighted by molar-refractivity contribution is -0.121.